The number of alkyl carbamates (subject to hydrolysis) is 1. The molecule has 3 rings (SSSR count). The zero-order valence-corrected chi connectivity index (χ0v) is 19.0. The molecule has 1 aromatic heterocycles. The van der Waals surface area contributed by atoms with Crippen LogP contribution in [0, 0.1) is 5.82 Å². The highest BCUT2D eigenvalue weighted by molar-refractivity contribution is 5.93. The van der Waals surface area contributed by atoms with Crippen molar-refractivity contribution in [2.45, 2.75) is 32.5 Å². The summed E-state index contributed by atoms with van der Waals surface area (Å²) < 4.78 is 23.8. The van der Waals surface area contributed by atoms with E-state index in [9.17, 15) is 19.1 Å². The predicted molar refractivity (Wildman–Crippen MR) is 125 cm³/mol. The van der Waals surface area contributed by atoms with Crippen LogP contribution in [0.15, 0.2) is 66.7 Å². The lowest BCUT2D eigenvalue weighted by molar-refractivity contribution is -0.123. The van der Waals surface area contributed by atoms with Crippen LogP contribution < -0.4 is 15.4 Å². The monoisotopic (exact) mass is 467 g/mol. The highest BCUT2D eigenvalue weighted by Gasteiger charge is 2.20. The van der Waals surface area contributed by atoms with E-state index < -0.39 is 23.7 Å². The fourth-order valence-electron chi connectivity index (χ4n) is 2.79. The van der Waals surface area contributed by atoms with E-state index in [1.165, 1.54) is 24.3 Å². The van der Waals surface area contributed by atoms with Crippen molar-refractivity contribution in [2.24, 2.45) is 0 Å². The Morgan fingerprint density at radius 3 is 2.24 bits per heavy atom. The van der Waals surface area contributed by atoms with Gasteiger partial charge in [0.25, 0.3) is 5.91 Å². The van der Waals surface area contributed by atoms with Crippen molar-refractivity contribution in [3.05, 3.63) is 72.5 Å². The third kappa shape index (κ3) is 7.56. The third-order valence-electron chi connectivity index (χ3n) is 4.34. The molecule has 34 heavy (non-hydrogen) atoms. The van der Waals surface area contributed by atoms with Gasteiger partial charge in [-0.15, -0.1) is 0 Å². The topological polar surface area (TPSA) is 110 Å². The van der Waals surface area contributed by atoms with Gasteiger partial charge in [-0.2, -0.15) is 0 Å². The van der Waals surface area contributed by atoms with Crippen LogP contribution in [-0.4, -0.2) is 40.3 Å². The molecule has 0 saturated carbocycles. The zero-order valence-electron chi connectivity index (χ0n) is 19.0. The molecule has 1 heterocycles. The van der Waals surface area contributed by atoms with E-state index in [2.05, 4.69) is 15.6 Å². The molecule has 0 unspecified atom stereocenters. The van der Waals surface area contributed by atoms with Crippen LogP contribution >= 0.6 is 0 Å². The molecule has 0 aliphatic heterocycles. The Morgan fingerprint density at radius 2 is 1.62 bits per heavy atom. The van der Waals surface area contributed by atoms with Crippen LogP contribution in [0.4, 0.5) is 15.0 Å². The van der Waals surface area contributed by atoms with Crippen molar-refractivity contribution in [3.63, 3.8) is 0 Å². The fourth-order valence-corrected chi connectivity index (χ4v) is 2.79. The maximum absolute atomic E-state index is 13.0. The van der Waals surface area contributed by atoms with E-state index in [0.717, 1.165) is 5.56 Å². The Labute approximate surface area is 196 Å². The van der Waals surface area contributed by atoms with Gasteiger partial charge in [0.1, 0.15) is 28.7 Å². The standard InChI is InChI=1S/C25H26FN3O5/c1-25(2,3)34-24(32)27-15-21(30)23(31)29-22-6-4-5-20(28-22)16-7-11-18(12-8-16)33-19-13-9-17(26)10-14-19/h4-14,21,30H,15H2,1-3H3,(H,27,32)(H,28,29,31)/t21-/m0/s1. The summed E-state index contributed by atoms with van der Waals surface area (Å²) in [4.78, 5) is 28.3. The van der Waals surface area contributed by atoms with E-state index in [0.29, 0.717) is 17.2 Å². The number of aliphatic hydroxyl groups is 1. The third-order valence-corrected chi connectivity index (χ3v) is 4.34. The Morgan fingerprint density at radius 1 is 1.00 bits per heavy atom. The minimum atomic E-state index is -1.49. The highest BCUT2D eigenvalue weighted by Crippen LogP contribution is 2.25. The lowest BCUT2D eigenvalue weighted by atomic mass is 10.1. The minimum Gasteiger partial charge on any atom is -0.457 e. The van der Waals surface area contributed by atoms with Gasteiger partial charge in [0.2, 0.25) is 0 Å². The quantitative estimate of drug-likeness (QED) is 0.472. The molecule has 9 heteroatoms. The van der Waals surface area contributed by atoms with E-state index in [1.54, 1.807) is 63.2 Å². The second-order valence-electron chi connectivity index (χ2n) is 8.38. The number of amides is 2. The first kappa shape index (κ1) is 24.7. The van der Waals surface area contributed by atoms with Gasteiger partial charge in [0.05, 0.1) is 12.2 Å². The SMILES string of the molecule is CC(C)(C)OC(=O)NC[C@H](O)C(=O)Nc1cccc(-c2ccc(Oc3ccc(F)cc3)cc2)n1. The first-order valence-corrected chi connectivity index (χ1v) is 10.6. The smallest absolute Gasteiger partial charge is 0.407 e. The molecule has 2 amide bonds. The molecule has 0 aliphatic rings. The molecule has 1 atom stereocenters. The van der Waals surface area contributed by atoms with Crippen molar-refractivity contribution in [1.82, 2.24) is 10.3 Å². The second kappa shape index (κ2) is 10.8. The van der Waals surface area contributed by atoms with E-state index in [-0.39, 0.29) is 18.2 Å². The number of carbonyl (C=O) groups is 2. The van der Waals surface area contributed by atoms with Crippen LogP contribution in [0.2, 0.25) is 0 Å². The number of pyridine rings is 1. The first-order valence-electron chi connectivity index (χ1n) is 10.6. The number of nitrogens with one attached hydrogen (secondary N) is 2. The van der Waals surface area contributed by atoms with Crippen molar-refractivity contribution in [2.75, 3.05) is 11.9 Å². The fraction of sp³-hybridized carbons (Fsp3) is 0.240. The number of aromatic nitrogens is 1. The number of ether oxygens (including phenoxy) is 2. The molecule has 0 fully saturated rings. The van der Waals surface area contributed by atoms with Crippen molar-refractivity contribution in [3.8, 4) is 22.8 Å². The number of halogens is 1. The van der Waals surface area contributed by atoms with Crippen molar-refractivity contribution >= 4 is 17.8 Å². The van der Waals surface area contributed by atoms with Crippen LogP contribution in [0.3, 0.4) is 0 Å². The van der Waals surface area contributed by atoms with E-state index in [4.69, 9.17) is 9.47 Å². The van der Waals surface area contributed by atoms with E-state index >= 15 is 0 Å². The van der Waals surface area contributed by atoms with Gasteiger partial charge < -0.3 is 25.2 Å². The van der Waals surface area contributed by atoms with Gasteiger partial charge in [0, 0.05) is 5.56 Å². The number of rotatable bonds is 7. The van der Waals surface area contributed by atoms with Gasteiger partial charge in [-0.3, -0.25) is 4.79 Å². The molecule has 178 valence electrons. The predicted octanol–water partition coefficient (Wildman–Crippen LogP) is 4.50. The molecule has 8 nitrogen and oxygen atoms in total. The molecular weight excluding hydrogens is 441 g/mol. The Bertz CT molecular complexity index is 1130. The van der Waals surface area contributed by atoms with Crippen LogP contribution in [0.5, 0.6) is 11.5 Å². The first-order chi connectivity index (χ1) is 16.1. The summed E-state index contributed by atoms with van der Waals surface area (Å²) in [5.41, 5.74) is 0.676. The lowest BCUT2D eigenvalue weighted by Gasteiger charge is -2.20. The lowest BCUT2D eigenvalue weighted by Crippen LogP contribution is -2.41. The molecule has 3 N–H and O–H groups in total. The summed E-state index contributed by atoms with van der Waals surface area (Å²) in [5.74, 6) is 0.263. The Kier molecular flexibility index (Phi) is 7.80. The van der Waals surface area contributed by atoms with Gasteiger partial charge in [-0.25, -0.2) is 14.2 Å². The average Bonchev–Trinajstić information content (AvgIpc) is 2.78. The molecule has 0 spiro atoms. The minimum absolute atomic E-state index is 0.241. The molecule has 0 radical (unpaired) electrons. The number of benzene rings is 2. The molecule has 0 bridgehead atoms. The number of anilines is 1. The second-order valence-corrected chi connectivity index (χ2v) is 8.38. The summed E-state index contributed by atoms with van der Waals surface area (Å²) in [7, 11) is 0. The number of hydrogen-bond donors (Lipinski definition) is 3. The Balaban J connectivity index is 1.58. The van der Waals surface area contributed by atoms with Gasteiger partial charge >= 0.3 is 6.09 Å². The summed E-state index contributed by atoms with van der Waals surface area (Å²) in [6.45, 7) is 4.82. The van der Waals surface area contributed by atoms with Gasteiger partial charge in [-0.1, -0.05) is 6.07 Å². The van der Waals surface area contributed by atoms with Gasteiger partial charge in [-0.05, 0) is 81.4 Å². The maximum atomic E-state index is 13.0. The summed E-state index contributed by atoms with van der Waals surface area (Å²) in [6, 6.07) is 17.9. The summed E-state index contributed by atoms with van der Waals surface area (Å²) >= 11 is 0. The normalized spacial score (nSPS) is 11.9. The van der Waals surface area contributed by atoms with Crippen LogP contribution in [0.25, 0.3) is 11.3 Å². The largest absolute Gasteiger partial charge is 0.457 e. The number of carbonyl (C=O) groups excluding carboxylic acids is 2. The highest BCUT2D eigenvalue weighted by atomic mass is 19.1. The number of nitrogens with zero attached hydrogens (tertiary/aromatic N) is 1. The zero-order chi connectivity index (χ0) is 24.7. The van der Waals surface area contributed by atoms with Crippen molar-refractivity contribution in [1.29, 1.82) is 0 Å². The molecular formula is C25H26FN3O5. The van der Waals surface area contributed by atoms with Crippen LogP contribution in [-0.2, 0) is 9.53 Å². The average molecular weight is 467 g/mol. The maximum Gasteiger partial charge on any atom is 0.407 e. The summed E-state index contributed by atoms with van der Waals surface area (Å²) in [6.07, 6.45) is -2.22. The number of aliphatic hydroxyl groups excluding tert-OH is 1. The summed E-state index contributed by atoms with van der Waals surface area (Å²) in [5, 5.41) is 14.9. The molecule has 0 aliphatic carbocycles. The number of hydrogen-bond acceptors (Lipinski definition) is 6. The molecule has 3 aromatic rings. The van der Waals surface area contributed by atoms with Gasteiger partial charge in [0.15, 0.2) is 6.10 Å². The molecule has 0 saturated heterocycles. The molecule has 2 aromatic carbocycles. The van der Waals surface area contributed by atoms with E-state index in [1.807, 2.05) is 0 Å². The van der Waals surface area contributed by atoms with Crippen LogP contribution in [0.1, 0.15) is 20.8 Å². The van der Waals surface area contributed by atoms with Crippen molar-refractivity contribution < 1.29 is 28.6 Å². The Hall–Kier alpha value is -3.98.